The molecule has 0 aliphatic carbocycles. The lowest BCUT2D eigenvalue weighted by Gasteiger charge is -2.19. The summed E-state index contributed by atoms with van der Waals surface area (Å²) in [6.07, 6.45) is 6.75. The van der Waals surface area contributed by atoms with E-state index in [1.807, 2.05) is 0 Å². The predicted octanol–water partition coefficient (Wildman–Crippen LogP) is 1.82. The fraction of sp³-hybridized carbons (Fsp3) is 0.538. The lowest BCUT2D eigenvalue weighted by Crippen LogP contribution is -2.26. The van der Waals surface area contributed by atoms with Gasteiger partial charge in [0.15, 0.2) is 5.75 Å². The first-order valence-corrected chi connectivity index (χ1v) is 5.98. The van der Waals surface area contributed by atoms with Crippen LogP contribution in [0.5, 0.6) is 5.75 Å². The average molecular weight is 231 g/mol. The quantitative estimate of drug-likeness (QED) is 0.793. The Bertz CT molecular complexity index is 413. The second kappa shape index (κ2) is 5.65. The van der Waals surface area contributed by atoms with Crippen LogP contribution in [0.15, 0.2) is 18.5 Å². The van der Waals surface area contributed by atoms with Gasteiger partial charge >= 0.3 is 0 Å². The second-order valence-electron chi connectivity index (χ2n) is 4.40. The number of hydrogen-bond donors (Lipinski definition) is 0. The van der Waals surface area contributed by atoms with E-state index < -0.39 is 0 Å². The molecular formula is C13H17N3O. The van der Waals surface area contributed by atoms with Crippen molar-refractivity contribution in [1.82, 2.24) is 9.88 Å². The van der Waals surface area contributed by atoms with Crippen molar-refractivity contribution in [2.24, 2.45) is 0 Å². The third-order valence-electron chi connectivity index (χ3n) is 3.29. The fourth-order valence-corrected chi connectivity index (χ4v) is 2.24. The zero-order valence-electron chi connectivity index (χ0n) is 10.1. The Morgan fingerprint density at radius 3 is 3.24 bits per heavy atom. The average Bonchev–Trinajstić information content (AvgIpc) is 2.76. The van der Waals surface area contributed by atoms with Crippen molar-refractivity contribution in [3.63, 3.8) is 0 Å². The van der Waals surface area contributed by atoms with Gasteiger partial charge in [-0.05, 0) is 38.9 Å². The van der Waals surface area contributed by atoms with Crippen LogP contribution in [0.4, 0.5) is 0 Å². The molecule has 0 N–H and O–H groups in total. The topological polar surface area (TPSA) is 49.1 Å². The number of nitriles is 1. The number of likely N-dealkylation sites (tertiary alicyclic amines) is 1. The van der Waals surface area contributed by atoms with E-state index in [4.69, 9.17) is 10.00 Å². The first-order chi connectivity index (χ1) is 8.31. The molecule has 1 aliphatic rings. The van der Waals surface area contributed by atoms with E-state index in [-0.39, 0.29) is 0 Å². The standard InChI is InChI=1S/C13H17N3O/c1-16-7-2-3-12(16)5-8-17-13-10-15-6-4-11(13)9-14/h4,6,10,12H,2-3,5,7-8H2,1H3. The molecule has 1 aromatic rings. The molecule has 0 saturated carbocycles. The molecule has 1 aromatic heterocycles. The van der Waals surface area contributed by atoms with Crippen LogP contribution in [0.25, 0.3) is 0 Å². The first kappa shape index (κ1) is 11.9. The number of pyridine rings is 1. The molecule has 1 unspecified atom stereocenters. The molecule has 0 aromatic carbocycles. The second-order valence-corrected chi connectivity index (χ2v) is 4.40. The van der Waals surface area contributed by atoms with Crippen LogP contribution >= 0.6 is 0 Å². The van der Waals surface area contributed by atoms with E-state index in [1.165, 1.54) is 19.4 Å². The zero-order chi connectivity index (χ0) is 12.1. The number of aromatic nitrogens is 1. The third-order valence-corrected chi connectivity index (χ3v) is 3.29. The van der Waals surface area contributed by atoms with Gasteiger partial charge in [-0.25, -0.2) is 0 Å². The molecule has 4 nitrogen and oxygen atoms in total. The minimum atomic E-state index is 0.555. The van der Waals surface area contributed by atoms with Crippen LogP contribution in [-0.4, -0.2) is 36.1 Å². The number of rotatable bonds is 4. The maximum atomic E-state index is 8.91. The van der Waals surface area contributed by atoms with Gasteiger partial charge in [-0.15, -0.1) is 0 Å². The third kappa shape index (κ3) is 2.95. The van der Waals surface area contributed by atoms with Crippen LogP contribution in [0.3, 0.4) is 0 Å². The molecule has 2 heterocycles. The van der Waals surface area contributed by atoms with Crippen molar-refractivity contribution in [3.05, 3.63) is 24.0 Å². The summed E-state index contributed by atoms with van der Waals surface area (Å²) in [5.41, 5.74) is 0.555. The van der Waals surface area contributed by atoms with Gasteiger partial charge in [0.2, 0.25) is 0 Å². The van der Waals surface area contributed by atoms with Crippen molar-refractivity contribution in [3.8, 4) is 11.8 Å². The normalized spacial score (nSPS) is 20.1. The smallest absolute Gasteiger partial charge is 0.155 e. The van der Waals surface area contributed by atoms with Gasteiger partial charge in [0.25, 0.3) is 0 Å². The lowest BCUT2D eigenvalue weighted by molar-refractivity contribution is 0.232. The van der Waals surface area contributed by atoms with Gasteiger partial charge in [0.05, 0.1) is 18.4 Å². The highest BCUT2D eigenvalue weighted by atomic mass is 16.5. The summed E-state index contributed by atoms with van der Waals surface area (Å²) >= 11 is 0. The van der Waals surface area contributed by atoms with Gasteiger partial charge in [-0.1, -0.05) is 0 Å². The highest BCUT2D eigenvalue weighted by Crippen LogP contribution is 2.19. The fourth-order valence-electron chi connectivity index (χ4n) is 2.24. The SMILES string of the molecule is CN1CCCC1CCOc1cnccc1C#N. The molecule has 1 aliphatic heterocycles. The Kier molecular flexibility index (Phi) is 3.94. The molecule has 2 rings (SSSR count). The molecule has 1 atom stereocenters. The molecular weight excluding hydrogens is 214 g/mol. The summed E-state index contributed by atoms with van der Waals surface area (Å²) in [6, 6.07) is 4.41. The maximum Gasteiger partial charge on any atom is 0.155 e. The van der Waals surface area contributed by atoms with E-state index >= 15 is 0 Å². The molecule has 17 heavy (non-hydrogen) atoms. The van der Waals surface area contributed by atoms with E-state index in [0.717, 1.165) is 6.42 Å². The Morgan fingerprint density at radius 1 is 1.65 bits per heavy atom. The van der Waals surface area contributed by atoms with Crippen LogP contribution in [0, 0.1) is 11.3 Å². The Balaban J connectivity index is 1.84. The monoisotopic (exact) mass is 231 g/mol. The van der Waals surface area contributed by atoms with Crippen molar-refractivity contribution in [2.45, 2.75) is 25.3 Å². The summed E-state index contributed by atoms with van der Waals surface area (Å²) in [6.45, 7) is 1.83. The lowest BCUT2D eigenvalue weighted by atomic mass is 10.1. The number of nitrogens with zero attached hydrogens (tertiary/aromatic N) is 3. The van der Waals surface area contributed by atoms with Crippen LogP contribution in [-0.2, 0) is 0 Å². The van der Waals surface area contributed by atoms with E-state index in [1.54, 1.807) is 18.5 Å². The van der Waals surface area contributed by atoms with E-state index in [2.05, 4.69) is 23.0 Å². The first-order valence-electron chi connectivity index (χ1n) is 5.98. The van der Waals surface area contributed by atoms with Gasteiger partial charge < -0.3 is 9.64 Å². The van der Waals surface area contributed by atoms with Gasteiger partial charge in [0, 0.05) is 12.2 Å². The largest absolute Gasteiger partial charge is 0.491 e. The van der Waals surface area contributed by atoms with Crippen molar-refractivity contribution in [2.75, 3.05) is 20.2 Å². The molecule has 0 amide bonds. The molecule has 0 bridgehead atoms. The molecule has 1 fully saturated rings. The van der Waals surface area contributed by atoms with Crippen LogP contribution < -0.4 is 4.74 Å². The minimum Gasteiger partial charge on any atom is -0.491 e. The molecule has 4 heteroatoms. The van der Waals surface area contributed by atoms with Crippen LogP contribution in [0.2, 0.25) is 0 Å². The van der Waals surface area contributed by atoms with Crippen molar-refractivity contribution >= 4 is 0 Å². The number of ether oxygens (including phenoxy) is 1. The highest BCUT2D eigenvalue weighted by Gasteiger charge is 2.20. The van der Waals surface area contributed by atoms with Crippen molar-refractivity contribution in [1.29, 1.82) is 5.26 Å². The zero-order valence-corrected chi connectivity index (χ0v) is 10.1. The highest BCUT2D eigenvalue weighted by molar-refractivity contribution is 5.40. The molecule has 0 radical (unpaired) electrons. The Morgan fingerprint density at radius 2 is 2.53 bits per heavy atom. The molecule has 0 spiro atoms. The Labute approximate surface area is 102 Å². The van der Waals surface area contributed by atoms with Gasteiger partial charge in [-0.3, -0.25) is 4.98 Å². The summed E-state index contributed by atoms with van der Waals surface area (Å²) in [7, 11) is 2.16. The van der Waals surface area contributed by atoms with Gasteiger partial charge in [0.1, 0.15) is 6.07 Å². The Hall–Kier alpha value is -1.60. The van der Waals surface area contributed by atoms with Gasteiger partial charge in [-0.2, -0.15) is 5.26 Å². The van der Waals surface area contributed by atoms with Crippen molar-refractivity contribution < 1.29 is 4.74 Å². The van der Waals surface area contributed by atoms with E-state index in [0.29, 0.717) is 24.0 Å². The number of hydrogen-bond acceptors (Lipinski definition) is 4. The maximum absolute atomic E-state index is 8.91. The summed E-state index contributed by atoms with van der Waals surface area (Å²) in [4.78, 5) is 6.34. The molecule has 90 valence electrons. The minimum absolute atomic E-state index is 0.555. The summed E-state index contributed by atoms with van der Waals surface area (Å²) in [5.74, 6) is 0.593. The van der Waals surface area contributed by atoms with Crippen LogP contribution in [0.1, 0.15) is 24.8 Å². The summed E-state index contributed by atoms with van der Waals surface area (Å²) in [5, 5.41) is 8.91. The van der Waals surface area contributed by atoms with E-state index in [9.17, 15) is 0 Å². The molecule has 1 saturated heterocycles. The predicted molar refractivity (Wildman–Crippen MR) is 64.7 cm³/mol. The summed E-state index contributed by atoms with van der Waals surface area (Å²) < 4.78 is 5.63.